The van der Waals surface area contributed by atoms with Crippen molar-refractivity contribution in [3.8, 4) is 5.69 Å². The van der Waals surface area contributed by atoms with Gasteiger partial charge in [-0.2, -0.15) is 4.68 Å². The van der Waals surface area contributed by atoms with Gasteiger partial charge in [0.1, 0.15) is 0 Å². The number of tetrazole rings is 1. The molecule has 3 aromatic rings. The zero-order valence-electron chi connectivity index (χ0n) is 14.4. The molecule has 0 aliphatic rings. The molecule has 0 saturated carbocycles. The van der Waals surface area contributed by atoms with Gasteiger partial charge in [0.15, 0.2) is 5.82 Å². The normalized spacial score (nSPS) is 11.9. The summed E-state index contributed by atoms with van der Waals surface area (Å²) in [5.74, 6) is 0.632. The molecule has 1 atom stereocenters. The molecule has 3 rings (SSSR count). The van der Waals surface area contributed by atoms with E-state index < -0.39 is 0 Å². The number of amides is 1. The van der Waals surface area contributed by atoms with Crippen LogP contribution in [0, 0.1) is 6.92 Å². The molecule has 6 heteroatoms. The Morgan fingerprint density at radius 3 is 2.48 bits per heavy atom. The van der Waals surface area contributed by atoms with Crippen LogP contribution in [0.4, 0.5) is 0 Å². The van der Waals surface area contributed by atoms with E-state index in [-0.39, 0.29) is 11.9 Å². The lowest BCUT2D eigenvalue weighted by molar-refractivity contribution is 0.0938. The summed E-state index contributed by atoms with van der Waals surface area (Å²) in [4.78, 5) is 12.4. The lowest BCUT2D eigenvalue weighted by Crippen LogP contribution is -2.32. The first-order valence-corrected chi connectivity index (χ1v) is 8.33. The van der Waals surface area contributed by atoms with E-state index in [9.17, 15) is 4.79 Å². The van der Waals surface area contributed by atoms with Crippen molar-refractivity contribution in [2.75, 3.05) is 0 Å². The van der Waals surface area contributed by atoms with Gasteiger partial charge < -0.3 is 5.32 Å². The zero-order valence-corrected chi connectivity index (χ0v) is 14.4. The van der Waals surface area contributed by atoms with E-state index in [1.165, 1.54) is 5.56 Å². The first-order valence-electron chi connectivity index (χ1n) is 8.33. The highest BCUT2D eigenvalue weighted by Crippen LogP contribution is 2.10. The van der Waals surface area contributed by atoms with Crippen molar-refractivity contribution < 1.29 is 4.79 Å². The lowest BCUT2D eigenvalue weighted by atomic mass is 10.1. The molecule has 1 heterocycles. The molecule has 1 N–H and O–H groups in total. The Morgan fingerprint density at radius 2 is 1.84 bits per heavy atom. The van der Waals surface area contributed by atoms with Gasteiger partial charge >= 0.3 is 0 Å². The van der Waals surface area contributed by atoms with Crippen LogP contribution in [-0.2, 0) is 6.42 Å². The van der Waals surface area contributed by atoms with Crippen molar-refractivity contribution in [2.24, 2.45) is 0 Å². The van der Waals surface area contributed by atoms with Gasteiger partial charge in [-0.3, -0.25) is 4.79 Å². The summed E-state index contributed by atoms with van der Waals surface area (Å²) >= 11 is 0. The first-order chi connectivity index (χ1) is 12.1. The van der Waals surface area contributed by atoms with Crippen molar-refractivity contribution in [2.45, 2.75) is 32.7 Å². The number of benzene rings is 2. The Morgan fingerprint density at radius 1 is 1.12 bits per heavy atom. The Labute approximate surface area is 146 Å². The second-order valence-corrected chi connectivity index (χ2v) is 6.08. The Bertz CT molecular complexity index is 827. The summed E-state index contributed by atoms with van der Waals surface area (Å²) in [5.41, 5.74) is 2.74. The molecule has 0 radical (unpaired) electrons. The third-order valence-corrected chi connectivity index (χ3v) is 4.09. The number of nitrogens with one attached hydrogen (secondary N) is 1. The van der Waals surface area contributed by atoms with Crippen molar-refractivity contribution in [3.63, 3.8) is 0 Å². The van der Waals surface area contributed by atoms with E-state index in [4.69, 9.17) is 0 Å². The molecule has 0 fully saturated rings. The number of aryl methyl sites for hydroxylation is 2. The quantitative estimate of drug-likeness (QED) is 0.752. The predicted octanol–water partition coefficient (Wildman–Crippen LogP) is 2.72. The van der Waals surface area contributed by atoms with E-state index in [0.717, 1.165) is 18.5 Å². The number of nitrogens with zero attached hydrogens (tertiary/aromatic N) is 4. The third kappa shape index (κ3) is 4.29. The average Bonchev–Trinajstić information content (AvgIpc) is 3.07. The van der Waals surface area contributed by atoms with Crippen LogP contribution < -0.4 is 5.32 Å². The van der Waals surface area contributed by atoms with Gasteiger partial charge in [0.05, 0.1) is 5.69 Å². The number of hydrogen-bond donors (Lipinski definition) is 1. The van der Waals surface area contributed by atoms with Gasteiger partial charge in [-0.05, 0) is 66.9 Å². The SMILES string of the molecule is Cc1nnnn1-c1ccc(C(=O)NC(C)CCc2ccccc2)cc1. The van der Waals surface area contributed by atoms with Gasteiger partial charge in [-0.1, -0.05) is 30.3 Å². The molecule has 25 heavy (non-hydrogen) atoms. The molecule has 0 aliphatic carbocycles. The molecule has 1 aromatic heterocycles. The predicted molar refractivity (Wildman–Crippen MR) is 95.6 cm³/mol. The fourth-order valence-electron chi connectivity index (χ4n) is 2.63. The monoisotopic (exact) mass is 335 g/mol. The average molecular weight is 335 g/mol. The summed E-state index contributed by atoms with van der Waals surface area (Å²) in [6.07, 6.45) is 1.84. The van der Waals surface area contributed by atoms with Crippen molar-refractivity contribution in [1.82, 2.24) is 25.5 Å². The highest BCUT2D eigenvalue weighted by molar-refractivity contribution is 5.94. The summed E-state index contributed by atoms with van der Waals surface area (Å²) in [6, 6.07) is 17.6. The maximum atomic E-state index is 12.4. The van der Waals surface area contributed by atoms with Crippen LogP contribution in [0.1, 0.15) is 35.1 Å². The standard InChI is InChI=1S/C19H21N5O/c1-14(8-9-16-6-4-3-5-7-16)20-19(25)17-10-12-18(13-11-17)24-15(2)21-22-23-24/h3-7,10-14H,8-9H2,1-2H3,(H,20,25). The maximum absolute atomic E-state index is 12.4. The number of rotatable bonds is 6. The van der Waals surface area contributed by atoms with Gasteiger partial charge in [0.2, 0.25) is 0 Å². The van der Waals surface area contributed by atoms with Crippen molar-refractivity contribution in [1.29, 1.82) is 0 Å². The van der Waals surface area contributed by atoms with Gasteiger partial charge in [0, 0.05) is 11.6 Å². The first kappa shape index (κ1) is 16.8. The molecule has 1 unspecified atom stereocenters. The largest absolute Gasteiger partial charge is 0.350 e. The Hall–Kier alpha value is -3.02. The minimum atomic E-state index is -0.0689. The minimum Gasteiger partial charge on any atom is -0.350 e. The Kier molecular flexibility index (Phi) is 5.18. The van der Waals surface area contributed by atoms with Crippen LogP contribution in [0.2, 0.25) is 0 Å². The second-order valence-electron chi connectivity index (χ2n) is 6.08. The van der Waals surface area contributed by atoms with Crippen LogP contribution in [0.25, 0.3) is 5.69 Å². The molecular weight excluding hydrogens is 314 g/mol. The fraction of sp³-hybridized carbons (Fsp3) is 0.263. The summed E-state index contributed by atoms with van der Waals surface area (Å²) < 4.78 is 1.63. The molecule has 0 spiro atoms. The van der Waals surface area contributed by atoms with Gasteiger partial charge in [0.25, 0.3) is 5.91 Å². The Balaban J connectivity index is 1.56. The van der Waals surface area contributed by atoms with Gasteiger partial charge in [-0.25, -0.2) is 0 Å². The van der Waals surface area contributed by atoms with Crippen LogP contribution >= 0.6 is 0 Å². The highest BCUT2D eigenvalue weighted by atomic mass is 16.1. The maximum Gasteiger partial charge on any atom is 0.251 e. The van der Waals surface area contributed by atoms with E-state index >= 15 is 0 Å². The molecular formula is C19H21N5O. The fourth-order valence-corrected chi connectivity index (χ4v) is 2.63. The lowest BCUT2D eigenvalue weighted by Gasteiger charge is -2.14. The highest BCUT2D eigenvalue weighted by Gasteiger charge is 2.11. The van der Waals surface area contributed by atoms with Crippen LogP contribution in [-0.4, -0.2) is 32.2 Å². The van der Waals surface area contributed by atoms with E-state index in [1.54, 1.807) is 16.8 Å². The van der Waals surface area contributed by atoms with Crippen LogP contribution in [0.15, 0.2) is 54.6 Å². The topological polar surface area (TPSA) is 72.7 Å². The molecule has 128 valence electrons. The number of hydrogen-bond acceptors (Lipinski definition) is 4. The third-order valence-electron chi connectivity index (χ3n) is 4.09. The minimum absolute atomic E-state index is 0.0689. The van der Waals surface area contributed by atoms with Crippen LogP contribution in [0.5, 0.6) is 0 Å². The summed E-state index contributed by atoms with van der Waals surface area (Å²) in [5, 5.41) is 14.4. The van der Waals surface area contributed by atoms with Gasteiger partial charge in [-0.15, -0.1) is 5.10 Å². The van der Waals surface area contributed by atoms with Crippen molar-refractivity contribution >= 4 is 5.91 Å². The van der Waals surface area contributed by atoms with E-state index in [1.807, 2.05) is 44.2 Å². The summed E-state index contributed by atoms with van der Waals surface area (Å²) in [7, 11) is 0. The molecule has 0 saturated heterocycles. The zero-order chi connectivity index (χ0) is 17.6. The number of carbonyl (C=O) groups excluding carboxylic acids is 1. The number of aromatic nitrogens is 4. The van der Waals surface area contributed by atoms with E-state index in [2.05, 4.69) is 33.0 Å². The van der Waals surface area contributed by atoms with Crippen molar-refractivity contribution in [3.05, 3.63) is 71.5 Å². The molecule has 0 bridgehead atoms. The van der Waals surface area contributed by atoms with E-state index in [0.29, 0.717) is 11.4 Å². The molecule has 2 aromatic carbocycles. The molecule has 0 aliphatic heterocycles. The molecule has 6 nitrogen and oxygen atoms in total. The second kappa shape index (κ2) is 7.70. The molecule has 1 amide bonds. The van der Waals surface area contributed by atoms with Crippen LogP contribution in [0.3, 0.4) is 0 Å². The summed E-state index contributed by atoms with van der Waals surface area (Å²) in [6.45, 7) is 3.86. The number of carbonyl (C=O) groups is 1. The smallest absolute Gasteiger partial charge is 0.251 e.